The summed E-state index contributed by atoms with van der Waals surface area (Å²) in [7, 11) is 0. The summed E-state index contributed by atoms with van der Waals surface area (Å²) >= 11 is 12.8. The lowest BCUT2D eigenvalue weighted by Crippen LogP contribution is -2.51. The van der Waals surface area contributed by atoms with Crippen molar-refractivity contribution in [3.63, 3.8) is 0 Å². The molecule has 4 aliphatic rings. The number of aromatic nitrogens is 14. The summed E-state index contributed by atoms with van der Waals surface area (Å²) in [5, 5.41) is 86.4. The maximum Gasteiger partial charge on any atom is 0.320 e. The number of halogens is 2. The topological polar surface area (TPSA) is 318 Å². The number of nitrogens with zero attached hydrogens (tertiary/aromatic N) is 16. The molecule has 0 radical (unpaired) electrons. The van der Waals surface area contributed by atoms with Gasteiger partial charge >= 0.3 is 6.03 Å². The minimum absolute atomic E-state index is 0.0170. The molecule has 2 aliphatic heterocycles. The fraction of sp³-hybridized carbons (Fsp3) is 0.595. The van der Waals surface area contributed by atoms with Crippen molar-refractivity contribution in [1.82, 2.24) is 78.8 Å². The van der Waals surface area contributed by atoms with Crippen molar-refractivity contribution in [1.29, 1.82) is 0 Å². The first-order valence-electron chi connectivity index (χ1n) is 21.1. The molecule has 6 aromatic heterocycles. The SMILES string of the molecule is O=C(N1CCC(Nc2nc(Cl)nc3c2ncn3[C@@H]2C[C@H](n3ncc(CO)n3)[C@@H](O)[C@H]2O)CC1)N1CCC(Nc2nc(Cl)nc3c2ncn3[C@@H]2C[C@H](n3ncc(CO)n3)[C@@H](O)[C@H]2O)CC1. The van der Waals surface area contributed by atoms with E-state index in [1.54, 1.807) is 21.8 Å². The largest absolute Gasteiger partial charge is 0.390 e. The molecule has 0 unspecified atom stereocenters. The highest BCUT2D eigenvalue weighted by Crippen LogP contribution is 2.41. The molecule has 2 amide bonds. The molecule has 8 atom stereocenters. The van der Waals surface area contributed by atoms with E-state index in [4.69, 9.17) is 23.2 Å². The Morgan fingerprint density at radius 1 is 0.609 bits per heavy atom. The minimum Gasteiger partial charge on any atom is -0.390 e. The summed E-state index contributed by atoms with van der Waals surface area (Å²) in [6.07, 6.45) is 4.32. The highest BCUT2D eigenvalue weighted by atomic mass is 35.5. The lowest BCUT2D eigenvalue weighted by atomic mass is 10.0. The number of nitrogens with one attached hydrogen (secondary N) is 2. The number of likely N-dealkylation sites (tertiary alicyclic amines) is 2. The fourth-order valence-electron chi connectivity index (χ4n) is 9.55. The van der Waals surface area contributed by atoms with E-state index in [0.717, 1.165) is 0 Å². The lowest BCUT2D eigenvalue weighted by molar-refractivity contribution is 0.00491. The van der Waals surface area contributed by atoms with Crippen LogP contribution in [0, 0.1) is 0 Å². The summed E-state index contributed by atoms with van der Waals surface area (Å²) in [6.45, 7) is 1.49. The molecule has 25 nitrogen and oxygen atoms in total. The van der Waals surface area contributed by atoms with E-state index in [2.05, 4.69) is 60.9 Å². The van der Waals surface area contributed by atoms with Crippen molar-refractivity contribution < 1.29 is 35.4 Å². The smallest absolute Gasteiger partial charge is 0.320 e. The third-order valence-electron chi connectivity index (χ3n) is 13.0. The van der Waals surface area contributed by atoms with Gasteiger partial charge in [-0.25, -0.2) is 14.8 Å². The van der Waals surface area contributed by atoms with Gasteiger partial charge in [0.05, 0.1) is 50.3 Å². The average molecular weight is 926 g/mol. The summed E-state index contributed by atoms with van der Waals surface area (Å²) < 4.78 is 3.36. The van der Waals surface area contributed by atoms with Crippen molar-refractivity contribution in [3.8, 4) is 0 Å². The van der Waals surface area contributed by atoms with Crippen molar-refractivity contribution in [2.24, 2.45) is 0 Å². The maximum atomic E-state index is 13.7. The highest BCUT2D eigenvalue weighted by Gasteiger charge is 2.47. The highest BCUT2D eigenvalue weighted by molar-refractivity contribution is 6.29. The van der Waals surface area contributed by atoms with Crippen LogP contribution in [0.5, 0.6) is 0 Å². The molecule has 10 rings (SSSR count). The zero-order valence-electron chi connectivity index (χ0n) is 34.1. The molecule has 0 spiro atoms. The molecule has 8 heterocycles. The van der Waals surface area contributed by atoms with Crippen LogP contribution in [0.4, 0.5) is 16.4 Å². The molecular weight excluding hydrogens is 879 g/mol. The number of imidazole rings is 2. The molecule has 2 aliphatic carbocycles. The maximum absolute atomic E-state index is 13.7. The van der Waals surface area contributed by atoms with E-state index < -0.39 is 48.6 Å². The number of hydrogen-bond acceptors (Lipinski definition) is 19. The molecule has 6 aromatic rings. The van der Waals surface area contributed by atoms with Gasteiger partial charge < -0.3 is 60.2 Å². The molecule has 4 fully saturated rings. The lowest BCUT2D eigenvalue weighted by Gasteiger charge is -2.39. The van der Waals surface area contributed by atoms with E-state index in [1.807, 2.05) is 9.80 Å². The zero-order valence-corrected chi connectivity index (χ0v) is 35.6. The van der Waals surface area contributed by atoms with Crippen LogP contribution in [0.15, 0.2) is 25.0 Å². The van der Waals surface area contributed by atoms with Crippen molar-refractivity contribution in [3.05, 3.63) is 47.0 Å². The van der Waals surface area contributed by atoms with Crippen LogP contribution in [-0.4, -0.2) is 178 Å². The van der Waals surface area contributed by atoms with E-state index in [0.29, 0.717) is 97.2 Å². The fourth-order valence-corrected chi connectivity index (χ4v) is 9.88. The summed E-state index contributed by atoms with van der Waals surface area (Å²) in [6, 6.07) is -2.62. The molecular formula is C37H46Cl2N18O7. The number of urea groups is 1. The first-order valence-corrected chi connectivity index (χ1v) is 21.9. The second-order valence-corrected chi connectivity index (χ2v) is 17.4. The zero-order chi connectivity index (χ0) is 44.4. The standard InChI is InChI=1S/C37H46Cl2N18O7/c38-35-46-31(25-33(48-35)54(15-40-25)21-9-23(29(62)27(21)60)56-42-11-19(13-58)50-56)44-17-1-5-52(6-2-17)37(64)53-7-3-18(4-8-53)45-32-26-34(49-36(39)47-32)55(16-41-26)22-10-24(30(63)28(22)61)57-43-12-20(14-59)51-57/h11-12,15-18,21-24,27-30,58-63H,1-10,13-14H2,(H,44,46,48)(H,45,47,49)/t21-,22-,23+,24+,27+,28+,29-,30-/m1/s1. The third kappa shape index (κ3) is 7.71. The number of rotatable bonds is 10. The predicted octanol–water partition coefficient (Wildman–Crippen LogP) is -0.171. The van der Waals surface area contributed by atoms with E-state index in [-0.39, 0.29) is 54.7 Å². The van der Waals surface area contributed by atoms with Crippen molar-refractivity contribution in [2.75, 3.05) is 36.8 Å². The Labute approximate surface area is 372 Å². The van der Waals surface area contributed by atoms with Gasteiger partial charge in [0.2, 0.25) is 10.6 Å². The minimum atomic E-state index is -1.18. The molecule has 2 saturated carbocycles. The molecule has 2 saturated heterocycles. The van der Waals surface area contributed by atoms with Crippen LogP contribution in [0.2, 0.25) is 10.6 Å². The predicted molar refractivity (Wildman–Crippen MR) is 224 cm³/mol. The summed E-state index contributed by atoms with van der Waals surface area (Å²) in [5.74, 6) is 0.856. The van der Waals surface area contributed by atoms with Gasteiger partial charge in [0.25, 0.3) is 0 Å². The first kappa shape index (κ1) is 42.5. The third-order valence-corrected chi connectivity index (χ3v) is 13.3. The Morgan fingerprint density at radius 3 is 1.38 bits per heavy atom. The Bertz CT molecular complexity index is 2470. The van der Waals surface area contributed by atoms with E-state index in [9.17, 15) is 35.4 Å². The number of aliphatic hydroxyl groups is 6. The molecule has 0 bridgehead atoms. The van der Waals surface area contributed by atoms with Gasteiger partial charge in [-0.15, -0.1) is 0 Å². The number of fused-ring (bicyclic) bond motifs is 2. The Balaban J connectivity index is 0.738. The van der Waals surface area contributed by atoms with Crippen LogP contribution in [0.25, 0.3) is 22.3 Å². The van der Waals surface area contributed by atoms with Gasteiger partial charge in [0, 0.05) is 38.3 Å². The monoisotopic (exact) mass is 924 g/mol. The van der Waals surface area contributed by atoms with Crippen LogP contribution in [0.1, 0.15) is 74.1 Å². The Kier molecular flexibility index (Phi) is 11.4. The number of aliphatic hydroxyl groups excluding tert-OH is 6. The first-order chi connectivity index (χ1) is 31.0. The Hall–Kier alpha value is -5.41. The molecule has 340 valence electrons. The molecule has 0 aromatic carbocycles. The van der Waals surface area contributed by atoms with Gasteiger partial charge in [-0.3, -0.25) is 0 Å². The van der Waals surface area contributed by atoms with E-state index >= 15 is 0 Å². The van der Waals surface area contributed by atoms with Gasteiger partial charge in [0.1, 0.15) is 47.9 Å². The number of carbonyl (C=O) groups excluding carboxylic acids is 1. The van der Waals surface area contributed by atoms with Crippen LogP contribution < -0.4 is 10.6 Å². The van der Waals surface area contributed by atoms with Crippen LogP contribution in [-0.2, 0) is 13.2 Å². The average Bonchev–Trinajstić information content (AvgIpc) is 4.17. The number of piperidine rings is 2. The second kappa shape index (κ2) is 17.2. The van der Waals surface area contributed by atoms with E-state index in [1.165, 1.54) is 22.0 Å². The van der Waals surface area contributed by atoms with Gasteiger partial charge in [-0.1, -0.05) is 0 Å². The molecule has 27 heteroatoms. The Morgan fingerprint density at radius 2 is 1.00 bits per heavy atom. The van der Waals surface area contributed by atoms with Crippen molar-refractivity contribution >= 4 is 63.2 Å². The number of carbonyl (C=O) groups is 1. The number of amides is 2. The molecule has 8 N–H and O–H groups in total. The van der Waals surface area contributed by atoms with Gasteiger partial charge in [-0.05, 0) is 61.7 Å². The number of anilines is 2. The van der Waals surface area contributed by atoms with Gasteiger partial charge in [-0.2, -0.15) is 49.9 Å². The summed E-state index contributed by atoms with van der Waals surface area (Å²) in [5.41, 5.74) is 2.37. The normalized spacial score (nSPS) is 27.1. The molecule has 64 heavy (non-hydrogen) atoms. The van der Waals surface area contributed by atoms with Crippen LogP contribution in [0.3, 0.4) is 0 Å². The number of hydrogen-bond donors (Lipinski definition) is 8. The second-order valence-electron chi connectivity index (χ2n) is 16.8. The quantitative estimate of drug-likeness (QED) is 0.0827. The van der Waals surface area contributed by atoms with Crippen LogP contribution >= 0.6 is 23.2 Å². The van der Waals surface area contributed by atoms with Gasteiger partial charge in [0.15, 0.2) is 34.0 Å². The van der Waals surface area contributed by atoms with Crippen molar-refractivity contribution in [2.45, 2.75) is 112 Å². The summed E-state index contributed by atoms with van der Waals surface area (Å²) in [4.78, 5) is 46.9.